The van der Waals surface area contributed by atoms with Gasteiger partial charge in [-0.15, -0.1) is 0 Å². The Morgan fingerprint density at radius 1 is 1.26 bits per heavy atom. The van der Waals surface area contributed by atoms with Gasteiger partial charge in [-0.1, -0.05) is 17.3 Å². The van der Waals surface area contributed by atoms with Gasteiger partial charge in [0.1, 0.15) is 18.6 Å². The maximum atomic E-state index is 12.1. The summed E-state index contributed by atoms with van der Waals surface area (Å²) >= 11 is 0. The fourth-order valence-corrected chi connectivity index (χ4v) is 1.91. The third kappa shape index (κ3) is 8.02. The highest BCUT2D eigenvalue weighted by molar-refractivity contribution is 5.98. The number of rotatable bonds is 9. The van der Waals surface area contributed by atoms with E-state index < -0.39 is 18.6 Å². The molecule has 0 spiro atoms. The van der Waals surface area contributed by atoms with Gasteiger partial charge in [-0.3, -0.25) is 0 Å². The van der Waals surface area contributed by atoms with Crippen molar-refractivity contribution in [2.75, 3.05) is 20.8 Å². The Morgan fingerprint density at radius 2 is 1.96 bits per heavy atom. The number of halogens is 3. The Kier molecular flexibility index (Phi) is 8.64. The molecule has 0 radical (unpaired) electrons. The van der Waals surface area contributed by atoms with Crippen molar-refractivity contribution in [2.24, 2.45) is 5.16 Å². The fourth-order valence-electron chi connectivity index (χ4n) is 1.91. The minimum atomic E-state index is -4.21. The Labute approximate surface area is 155 Å². The number of hydrogen-bond donors (Lipinski definition) is 0. The van der Waals surface area contributed by atoms with Crippen LogP contribution in [0, 0.1) is 6.92 Å². The summed E-state index contributed by atoms with van der Waals surface area (Å²) in [4.78, 5) is 16.6. The molecule has 0 aromatic heterocycles. The first-order chi connectivity index (χ1) is 12.7. The summed E-state index contributed by atoms with van der Waals surface area (Å²) in [5.74, 6) is -0.480. The topological polar surface area (TPSA) is 66.3 Å². The van der Waals surface area contributed by atoms with Crippen LogP contribution >= 0.6 is 0 Å². The minimum Gasteiger partial charge on any atom is -0.500 e. The van der Waals surface area contributed by atoms with Gasteiger partial charge >= 0.3 is 12.1 Å². The maximum Gasteiger partial charge on any atom is 0.389 e. The molecule has 0 heterocycles. The molecule has 0 fully saturated rings. The van der Waals surface area contributed by atoms with Crippen molar-refractivity contribution in [2.45, 2.75) is 32.9 Å². The van der Waals surface area contributed by atoms with Crippen molar-refractivity contribution in [3.8, 4) is 5.75 Å². The number of carbonyl (C=O) groups excluding carboxylic acids is 1. The van der Waals surface area contributed by atoms with Gasteiger partial charge in [0.2, 0.25) is 5.76 Å². The number of alkyl halides is 3. The molecule has 27 heavy (non-hydrogen) atoms. The zero-order valence-electron chi connectivity index (χ0n) is 15.6. The summed E-state index contributed by atoms with van der Waals surface area (Å²) in [7, 11) is 2.58. The number of oxime groups is 1. The van der Waals surface area contributed by atoms with Crippen LogP contribution in [0.1, 0.15) is 30.9 Å². The van der Waals surface area contributed by atoms with E-state index in [9.17, 15) is 18.0 Å². The van der Waals surface area contributed by atoms with E-state index in [4.69, 9.17) is 14.3 Å². The van der Waals surface area contributed by atoms with Crippen LogP contribution in [0.3, 0.4) is 0 Å². The van der Waals surface area contributed by atoms with E-state index in [0.29, 0.717) is 17.0 Å². The highest BCUT2D eigenvalue weighted by Gasteiger charge is 2.26. The van der Waals surface area contributed by atoms with E-state index in [0.717, 1.165) is 11.8 Å². The van der Waals surface area contributed by atoms with Crippen LogP contribution in [0.15, 0.2) is 35.4 Å². The van der Waals surface area contributed by atoms with Crippen molar-refractivity contribution in [1.29, 1.82) is 0 Å². The second kappa shape index (κ2) is 10.4. The summed E-state index contributed by atoms with van der Waals surface area (Å²) in [6, 6.07) is 5.12. The Hall–Kier alpha value is -2.71. The molecule has 9 heteroatoms. The number of nitrogens with zero attached hydrogens (tertiary/aromatic N) is 1. The first-order valence-electron chi connectivity index (χ1n) is 8.01. The van der Waals surface area contributed by atoms with Gasteiger partial charge in [0.15, 0.2) is 0 Å². The predicted octanol–water partition coefficient (Wildman–Crippen LogP) is 4.12. The van der Waals surface area contributed by atoms with Crippen LogP contribution in [-0.4, -0.2) is 38.7 Å². The molecule has 0 atom stereocenters. The van der Waals surface area contributed by atoms with E-state index in [1.165, 1.54) is 14.2 Å². The van der Waals surface area contributed by atoms with Crippen LogP contribution in [0.2, 0.25) is 0 Å². The zero-order valence-corrected chi connectivity index (χ0v) is 15.6. The van der Waals surface area contributed by atoms with E-state index in [-0.39, 0.29) is 18.8 Å². The molecule has 0 unspecified atom stereocenters. The largest absolute Gasteiger partial charge is 0.500 e. The number of methoxy groups -OCH3 is 2. The van der Waals surface area contributed by atoms with Crippen molar-refractivity contribution in [3.63, 3.8) is 0 Å². The molecule has 0 saturated heterocycles. The Bertz CT molecular complexity index is 699. The predicted molar refractivity (Wildman–Crippen MR) is 92.4 cm³/mol. The van der Waals surface area contributed by atoms with Gasteiger partial charge in [0.25, 0.3) is 0 Å². The van der Waals surface area contributed by atoms with Crippen molar-refractivity contribution >= 4 is 11.7 Å². The third-order valence-corrected chi connectivity index (χ3v) is 3.33. The SMILES string of the molecule is CO/C=C(\Oc1cc(/C(C)=N/OCCCC(F)(F)F)ccc1C)C(=O)OC. The van der Waals surface area contributed by atoms with Crippen LogP contribution in [-0.2, 0) is 19.1 Å². The normalized spacial score (nSPS) is 12.6. The van der Waals surface area contributed by atoms with E-state index in [1.54, 1.807) is 32.0 Å². The minimum absolute atomic E-state index is 0.141. The molecule has 150 valence electrons. The Morgan fingerprint density at radius 3 is 2.56 bits per heavy atom. The number of aryl methyl sites for hydroxylation is 1. The second-order valence-corrected chi connectivity index (χ2v) is 5.52. The number of ether oxygens (including phenoxy) is 3. The van der Waals surface area contributed by atoms with E-state index in [1.807, 2.05) is 0 Å². The number of carbonyl (C=O) groups is 1. The lowest BCUT2D eigenvalue weighted by Crippen LogP contribution is -2.12. The molecular formula is C18H22F3NO5. The van der Waals surface area contributed by atoms with E-state index in [2.05, 4.69) is 9.89 Å². The lowest BCUT2D eigenvalue weighted by atomic mass is 10.1. The molecule has 1 aromatic rings. The Balaban J connectivity index is 2.83. The van der Waals surface area contributed by atoms with Crippen molar-refractivity contribution < 1.29 is 37.0 Å². The summed E-state index contributed by atoms with van der Waals surface area (Å²) in [6.45, 7) is 3.28. The number of benzene rings is 1. The molecule has 0 aliphatic heterocycles. The number of hydrogen-bond acceptors (Lipinski definition) is 6. The first-order valence-corrected chi connectivity index (χ1v) is 8.01. The van der Waals surface area contributed by atoms with Crippen molar-refractivity contribution in [3.05, 3.63) is 41.3 Å². The monoisotopic (exact) mass is 389 g/mol. The molecule has 0 aliphatic rings. The molecule has 0 aliphatic carbocycles. The highest BCUT2D eigenvalue weighted by Crippen LogP contribution is 2.23. The molecule has 0 bridgehead atoms. The van der Waals surface area contributed by atoms with Gasteiger partial charge in [0.05, 0.1) is 19.9 Å². The van der Waals surface area contributed by atoms with Gasteiger partial charge in [-0.05, 0) is 31.9 Å². The average Bonchev–Trinajstić information content (AvgIpc) is 2.60. The molecule has 0 amide bonds. The molecule has 1 aromatic carbocycles. The van der Waals surface area contributed by atoms with Gasteiger partial charge in [0, 0.05) is 12.0 Å². The molecule has 0 saturated carbocycles. The third-order valence-electron chi connectivity index (χ3n) is 3.33. The van der Waals surface area contributed by atoms with E-state index >= 15 is 0 Å². The smallest absolute Gasteiger partial charge is 0.389 e. The van der Waals surface area contributed by atoms with Crippen LogP contribution in [0.5, 0.6) is 5.75 Å². The molecule has 1 rings (SSSR count). The quantitative estimate of drug-likeness (QED) is 0.159. The van der Waals surface area contributed by atoms with Crippen LogP contribution in [0.4, 0.5) is 13.2 Å². The maximum absolute atomic E-state index is 12.1. The summed E-state index contributed by atoms with van der Waals surface area (Å²) < 4.78 is 51.2. The summed E-state index contributed by atoms with van der Waals surface area (Å²) in [6.07, 6.45) is -4.19. The van der Waals surface area contributed by atoms with Crippen LogP contribution < -0.4 is 4.74 Å². The van der Waals surface area contributed by atoms with Crippen LogP contribution in [0.25, 0.3) is 0 Å². The number of esters is 1. The molecular weight excluding hydrogens is 367 g/mol. The lowest BCUT2D eigenvalue weighted by Gasteiger charge is -2.12. The second-order valence-electron chi connectivity index (χ2n) is 5.52. The standard InChI is InChI=1S/C18H22F3NO5/c1-12-6-7-14(13(2)22-26-9-5-8-18(19,20)21)10-15(12)27-16(11-24-3)17(23)25-4/h6-7,10-11H,5,8-9H2,1-4H3/b16-11-,22-13+. The van der Waals surface area contributed by atoms with Gasteiger partial charge in [-0.2, -0.15) is 13.2 Å². The average molecular weight is 389 g/mol. The summed E-state index contributed by atoms with van der Waals surface area (Å²) in [5.41, 5.74) is 1.80. The molecule has 0 N–H and O–H groups in total. The van der Waals surface area contributed by atoms with Crippen molar-refractivity contribution in [1.82, 2.24) is 0 Å². The highest BCUT2D eigenvalue weighted by atomic mass is 19.4. The summed E-state index contributed by atoms with van der Waals surface area (Å²) in [5, 5.41) is 3.81. The van der Waals surface area contributed by atoms with Gasteiger partial charge < -0.3 is 19.0 Å². The van der Waals surface area contributed by atoms with Gasteiger partial charge in [-0.25, -0.2) is 4.79 Å². The molecule has 6 nitrogen and oxygen atoms in total. The zero-order chi connectivity index (χ0) is 20.4. The first kappa shape index (κ1) is 22.3. The lowest BCUT2D eigenvalue weighted by molar-refractivity contribution is -0.139. The fraction of sp³-hybridized carbons (Fsp3) is 0.444.